The Morgan fingerprint density at radius 3 is 3.00 bits per heavy atom. The highest BCUT2D eigenvalue weighted by Crippen LogP contribution is 2.44. The maximum atomic E-state index is 11.8. The van der Waals surface area contributed by atoms with Crippen LogP contribution in [0.3, 0.4) is 0 Å². The predicted molar refractivity (Wildman–Crippen MR) is 81.6 cm³/mol. The van der Waals surface area contributed by atoms with Crippen LogP contribution >= 0.6 is 11.6 Å². The third-order valence-corrected chi connectivity index (χ3v) is 4.31. The van der Waals surface area contributed by atoms with E-state index in [0.29, 0.717) is 0 Å². The van der Waals surface area contributed by atoms with Crippen LogP contribution in [0.2, 0.25) is 0 Å². The van der Waals surface area contributed by atoms with Crippen LogP contribution in [0.1, 0.15) is 13.2 Å². The summed E-state index contributed by atoms with van der Waals surface area (Å²) in [6.45, 7) is 1.44. The van der Waals surface area contributed by atoms with Gasteiger partial charge in [-0.15, -0.1) is 6.42 Å². The molecule has 1 unspecified atom stereocenters. The fourth-order valence-corrected chi connectivity index (χ4v) is 2.91. The molecule has 0 spiro atoms. The van der Waals surface area contributed by atoms with Crippen LogP contribution in [0, 0.1) is 12.3 Å². The zero-order valence-corrected chi connectivity index (χ0v) is 12.7. The van der Waals surface area contributed by atoms with Crippen molar-refractivity contribution in [2.24, 2.45) is 0 Å². The summed E-state index contributed by atoms with van der Waals surface area (Å²) in [6, 6.07) is 0. The first-order valence-electron chi connectivity index (χ1n) is 6.70. The number of nitrogen functional groups attached to an aromatic ring is 1. The van der Waals surface area contributed by atoms with Gasteiger partial charge in [-0.05, 0) is 6.92 Å². The van der Waals surface area contributed by atoms with Crippen LogP contribution in [-0.4, -0.2) is 52.9 Å². The van der Waals surface area contributed by atoms with Crippen LogP contribution < -0.4 is 11.3 Å². The Kier molecular flexibility index (Phi) is 3.57. The van der Waals surface area contributed by atoms with E-state index in [1.807, 2.05) is 0 Å². The molecule has 5 atom stereocenters. The highest BCUT2D eigenvalue weighted by molar-refractivity contribution is 6.27. The number of nitrogens with two attached hydrogens (primary N) is 1. The summed E-state index contributed by atoms with van der Waals surface area (Å²) in [5, 5.41) is 20.1. The van der Waals surface area contributed by atoms with Gasteiger partial charge in [0.2, 0.25) is 5.95 Å². The molecule has 1 saturated heterocycles. The van der Waals surface area contributed by atoms with Crippen molar-refractivity contribution in [3.8, 4) is 12.3 Å². The number of H-pyrrole nitrogens is 1. The molecule has 1 aliphatic rings. The Balaban J connectivity index is 2.18. The van der Waals surface area contributed by atoms with Crippen molar-refractivity contribution >= 4 is 28.7 Å². The molecule has 0 bridgehead atoms. The lowest BCUT2D eigenvalue weighted by Gasteiger charge is -2.25. The molecule has 122 valence electrons. The van der Waals surface area contributed by atoms with Crippen molar-refractivity contribution in [1.29, 1.82) is 0 Å². The molecule has 0 aromatic carbocycles. The van der Waals surface area contributed by atoms with E-state index in [-0.39, 0.29) is 17.1 Å². The van der Waals surface area contributed by atoms with E-state index in [9.17, 15) is 15.0 Å². The number of ether oxygens (including phenoxy) is 1. The minimum Gasteiger partial charge on any atom is -0.391 e. The second-order valence-electron chi connectivity index (χ2n) is 5.33. The second-order valence-corrected chi connectivity index (χ2v) is 5.95. The van der Waals surface area contributed by atoms with Crippen molar-refractivity contribution in [3.05, 3.63) is 16.7 Å². The maximum Gasteiger partial charge on any atom is 0.280 e. The minimum atomic E-state index is -1.67. The fraction of sp³-hybridized carbons (Fsp3) is 0.462. The van der Waals surface area contributed by atoms with Crippen LogP contribution in [0.25, 0.3) is 11.2 Å². The Hall–Kier alpha value is -2.12. The number of aromatic amines is 1. The van der Waals surface area contributed by atoms with Gasteiger partial charge in [-0.2, -0.15) is 4.98 Å². The van der Waals surface area contributed by atoms with Crippen LogP contribution in [-0.2, 0) is 4.74 Å². The summed E-state index contributed by atoms with van der Waals surface area (Å²) < 4.78 is 6.95. The third kappa shape index (κ3) is 2.19. The van der Waals surface area contributed by atoms with E-state index in [1.165, 1.54) is 17.8 Å². The lowest BCUT2D eigenvalue weighted by molar-refractivity contribution is -0.0752. The van der Waals surface area contributed by atoms with Gasteiger partial charge in [-0.25, -0.2) is 4.98 Å². The Bertz CT molecular complexity index is 856. The zero-order valence-electron chi connectivity index (χ0n) is 12.0. The maximum absolute atomic E-state index is 11.8. The highest BCUT2D eigenvalue weighted by atomic mass is 35.5. The van der Waals surface area contributed by atoms with E-state index in [1.54, 1.807) is 0 Å². The molecule has 1 aliphatic heterocycles. The first-order chi connectivity index (χ1) is 10.8. The molecule has 3 rings (SSSR count). The summed E-state index contributed by atoms with van der Waals surface area (Å²) in [5.74, 6) is 2.18. The summed E-state index contributed by atoms with van der Waals surface area (Å²) in [4.78, 5) is 20.4. The number of aromatic nitrogens is 4. The summed E-state index contributed by atoms with van der Waals surface area (Å²) in [5.41, 5.74) is 5.14. The molecule has 5 N–H and O–H groups in total. The largest absolute Gasteiger partial charge is 0.391 e. The van der Waals surface area contributed by atoms with Gasteiger partial charge in [-0.1, -0.05) is 17.5 Å². The van der Waals surface area contributed by atoms with E-state index in [2.05, 4.69) is 20.9 Å². The SMILES string of the molecule is C#C[C@@]1(Cl)C(O)[C@@H]([C@@H](C)O)O[C@H]1n1cnc2c(=O)[nH]c(N)nc21. The number of nitrogens with one attached hydrogen (secondary N) is 1. The van der Waals surface area contributed by atoms with Crippen molar-refractivity contribution < 1.29 is 14.9 Å². The van der Waals surface area contributed by atoms with Crippen LogP contribution in [0.5, 0.6) is 0 Å². The Morgan fingerprint density at radius 2 is 2.39 bits per heavy atom. The van der Waals surface area contributed by atoms with E-state index < -0.39 is 35.0 Å². The van der Waals surface area contributed by atoms with Gasteiger partial charge in [0, 0.05) is 0 Å². The highest BCUT2D eigenvalue weighted by Gasteiger charge is 2.57. The predicted octanol–water partition coefficient (Wildman–Crippen LogP) is -1.05. The van der Waals surface area contributed by atoms with Gasteiger partial charge < -0.3 is 20.7 Å². The number of imidazole rings is 1. The molecule has 1 fully saturated rings. The molecule has 2 aromatic rings. The van der Waals surface area contributed by atoms with Gasteiger partial charge in [0.25, 0.3) is 5.56 Å². The molecule has 23 heavy (non-hydrogen) atoms. The normalized spacial score (nSPS) is 32.0. The Labute approximate surface area is 135 Å². The molecule has 0 aliphatic carbocycles. The molecule has 3 heterocycles. The molecule has 0 amide bonds. The van der Waals surface area contributed by atoms with Crippen molar-refractivity contribution in [2.75, 3.05) is 5.73 Å². The molecule has 10 heteroatoms. The van der Waals surface area contributed by atoms with Gasteiger partial charge >= 0.3 is 0 Å². The number of rotatable bonds is 2. The van der Waals surface area contributed by atoms with Gasteiger partial charge in [-0.3, -0.25) is 14.3 Å². The number of aliphatic hydroxyl groups is 2. The van der Waals surface area contributed by atoms with Crippen molar-refractivity contribution in [2.45, 2.75) is 36.3 Å². The summed E-state index contributed by atoms with van der Waals surface area (Å²) in [7, 11) is 0. The number of alkyl halides is 1. The number of aliphatic hydroxyl groups excluding tert-OH is 2. The minimum absolute atomic E-state index is 0.0221. The first kappa shape index (κ1) is 15.8. The third-order valence-electron chi connectivity index (χ3n) is 3.79. The number of hydrogen-bond donors (Lipinski definition) is 4. The molecular formula is C13H14ClN5O4. The standard InChI is InChI=1S/C13H14ClN5O4/c1-3-13(14)8(21)7(5(2)20)23-11(13)19-4-16-6-9(19)17-12(15)18-10(6)22/h1,4-5,7-8,11,20-21H,2H3,(H3,15,17,18,22)/t5-,7-,8?,11-,13-/m1/s1. The molecule has 9 nitrogen and oxygen atoms in total. The molecular weight excluding hydrogens is 326 g/mol. The monoisotopic (exact) mass is 339 g/mol. The smallest absolute Gasteiger partial charge is 0.280 e. The van der Waals surface area contributed by atoms with Crippen molar-refractivity contribution in [3.63, 3.8) is 0 Å². The van der Waals surface area contributed by atoms with E-state index in [4.69, 9.17) is 28.5 Å². The first-order valence-corrected chi connectivity index (χ1v) is 7.08. The van der Waals surface area contributed by atoms with Crippen LogP contribution in [0.15, 0.2) is 11.1 Å². The number of anilines is 1. The second kappa shape index (κ2) is 5.21. The number of nitrogens with zero attached hydrogens (tertiary/aromatic N) is 3. The number of terminal acetylenes is 1. The number of hydrogen-bond acceptors (Lipinski definition) is 7. The molecule has 0 saturated carbocycles. The average molecular weight is 340 g/mol. The van der Waals surface area contributed by atoms with Crippen LogP contribution in [0.4, 0.5) is 5.95 Å². The fourth-order valence-electron chi connectivity index (χ4n) is 2.62. The van der Waals surface area contributed by atoms with Gasteiger partial charge in [0.05, 0.1) is 12.4 Å². The molecule has 2 aromatic heterocycles. The summed E-state index contributed by atoms with van der Waals surface area (Å²) >= 11 is 6.37. The zero-order chi connectivity index (χ0) is 16.9. The topological polar surface area (TPSA) is 139 Å². The van der Waals surface area contributed by atoms with E-state index >= 15 is 0 Å². The average Bonchev–Trinajstić information content (AvgIpc) is 3.00. The quantitative estimate of drug-likeness (QED) is 0.404. The lowest BCUT2D eigenvalue weighted by Crippen LogP contribution is -2.43. The Morgan fingerprint density at radius 1 is 1.70 bits per heavy atom. The number of halogens is 1. The summed E-state index contributed by atoms with van der Waals surface area (Å²) in [6.07, 6.45) is 2.28. The van der Waals surface area contributed by atoms with Crippen molar-refractivity contribution in [1.82, 2.24) is 19.5 Å². The lowest BCUT2D eigenvalue weighted by atomic mass is 9.97. The number of fused-ring (bicyclic) bond motifs is 1. The van der Waals surface area contributed by atoms with E-state index in [0.717, 1.165) is 0 Å². The van der Waals surface area contributed by atoms with Gasteiger partial charge in [0.1, 0.15) is 12.2 Å². The molecule has 0 radical (unpaired) electrons. The van der Waals surface area contributed by atoms with Gasteiger partial charge in [0.15, 0.2) is 22.3 Å².